The molecule has 0 aromatic carbocycles. The quantitative estimate of drug-likeness (QED) is 0.424. The SMILES string of the molecule is CSc1nc2sc3c(c2c2n[nH]c(=S)n12)CCCC3. The Labute approximate surface area is 123 Å². The van der Waals surface area contributed by atoms with Crippen molar-refractivity contribution in [2.75, 3.05) is 6.26 Å². The van der Waals surface area contributed by atoms with Gasteiger partial charge in [-0.05, 0) is 49.7 Å². The third-order valence-electron chi connectivity index (χ3n) is 3.62. The number of rotatable bonds is 1. The van der Waals surface area contributed by atoms with Gasteiger partial charge in [-0.15, -0.1) is 11.3 Å². The molecule has 1 aliphatic rings. The smallest absolute Gasteiger partial charge is 0.201 e. The number of nitrogens with zero attached hydrogens (tertiary/aromatic N) is 3. The average Bonchev–Trinajstić information content (AvgIpc) is 2.98. The van der Waals surface area contributed by atoms with Crippen LogP contribution in [0.1, 0.15) is 23.3 Å². The number of thiophene rings is 1. The molecule has 0 unspecified atom stereocenters. The van der Waals surface area contributed by atoms with E-state index in [4.69, 9.17) is 17.2 Å². The monoisotopic (exact) mass is 308 g/mol. The van der Waals surface area contributed by atoms with E-state index in [2.05, 4.69) is 10.2 Å². The molecule has 0 spiro atoms. The van der Waals surface area contributed by atoms with E-state index in [9.17, 15) is 0 Å². The number of fused-ring (bicyclic) bond motifs is 5. The highest BCUT2D eigenvalue weighted by Gasteiger charge is 2.21. The summed E-state index contributed by atoms with van der Waals surface area (Å²) in [6, 6.07) is 0. The van der Waals surface area contributed by atoms with Crippen molar-refractivity contribution in [3.63, 3.8) is 0 Å². The van der Waals surface area contributed by atoms with E-state index in [-0.39, 0.29) is 0 Å². The lowest BCUT2D eigenvalue weighted by Crippen LogP contribution is -2.00. The molecule has 0 bridgehead atoms. The Morgan fingerprint density at radius 2 is 2.21 bits per heavy atom. The molecule has 0 amide bonds. The van der Waals surface area contributed by atoms with Crippen molar-refractivity contribution in [3.05, 3.63) is 15.2 Å². The molecular formula is C12H12N4S3. The summed E-state index contributed by atoms with van der Waals surface area (Å²) in [4.78, 5) is 7.38. The minimum Gasteiger partial charge on any atom is -0.251 e. The number of hydrogen-bond donors (Lipinski definition) is 1. The highest BCUT2D eigenvalue weighted by atomic mass is 32.2. The number of thioether (sulfide) groups is 1. The Morgan fingerprint density at radius 1 is 1.37 bits per heavy atom. The molecule has 4 rings (SSSR count). The second kappa shape index (κ2) is 4.29. The van der Waals surface area contributed by atoms with Crippen molar-refractivity contribution in [2.24, 2.45) is 0 Å². The summed E-state index contributed by atoms with van der Waals surface area (Å²) in [5.74, 6) is 0. The molecule has 0 fully saturated rings. The van der Waals surface area contributed by atoms with E-state index >= 15 is 0 Å². The van der Waals surface area contributed by atoms with Crippen molar-refractivity contribution in [2.45, 2.75) is 30.8 Å². The van der Waals surface area contributed by atoms with E-state index in [1.807, 2.05) is 22.0 Å². The minimum absolute atomic E-state index is 0.629. The van der Waals surface area contributed by atoms with Gasteiger partial charge in [0.25, 0.3) is 0 Å². The fourth-order valence-electron chi connectivity index (χ4n) is 2.78. The molecule has 1 N–H and O–H groups in total. The average molecular weight is 308 g/mol. The Hall–Kier alpha value is -0.920. The molecule has 4 nitrogen and oxygen atoms in total. The van der Waals surface area contributed by atoms with Crippen LogP contribution in [0.2, 0.25) is 0 Å². The minimum atomic E-state index is 0.629. The van der Waals surface area contributed by atoms with Gasteiger partial charge >= 0.3 is 0 Å². The van der Waals surface area contributed by atoms with Gasteiger partial charge in [-0.25, -0.2) is 9.38 Å². The summed E-state index contributed by atoms with van der Waals surface area (Å²) < 4.78 is 2.59. The largest absolute Gasteiger partial charge is 0.251 e. The van der Waals surface area contributed by atoms with Crippen LogP contribution in [0.15, 0.2) is 5.16 Å². The van der Waals surface area contributed by atoms with Crippen LogP contribution in [0.4, 0.5) is 0 Å². The maximum absolute atomic E-state index is 5.33. The molecule has 3 aromatic rings. The standard InChI is InChI=1S/C12H12N4S3/c1-18-12-13-10-8(9-14-15-11(17)16(9)12)6-4-2-3-5-7(6)19-10/h2-5H2,1H3,(H,15,17). The zero-order chi connectivity index (χ0) is 13.0. The van der Waals surface area contributed by atoms with Crippen molar-refractivity contribution in [1.29, 1.82) is 0 Å². The van der Waals surface area contributed by atoms with E-state index in [1.165, 1.54) is 35.1 Å². The maximum atomic E-state index is 5.33. The van der Waals surface area contributed by atoms with Crippen molar-refractivity contribution < 1.29 is 0 Å². The van der Waals surface area contributed by atoms with Gasteiger partial charge in [0.1, 0.15) is 4.83 Å². The molecule has 0 saturated heterocycles. The van der Waals surface area contributed by atoms with Gasteiger partial charge in [0.15, 0.2) is 10.8 Å². The summed E-state index contributed by atoms with van der Waals surface area (Å²) in [6.07, 6.45) is 6.90. The van der Waals surface area contributed by atoms with Crippen LogP contribution in [0, 0.1) is 4.77 Å². The van der Waals surface area contributed by atoms with Crippen LogP contribution in [-0.4, -0.2) is 25.8 Å². The van der Waals surface area contributed by atoms with Crippen LogP contribution >= 0.6 is 35.3 Å². The number of H-pyrrole nitrogens is 1. The van der Waals surface area contributed by atoms with Gasteiger partial charge in [0.05, 0.1) is 5.39 Å². The summed E-state index contributed by atoms with van der Waals surface area (Å²) in [6.45, 7) is 0. The van der Waals surface area contributed by atoms with Crippen LogP contribution < -0.4 is 0 Å². The molecule has 19 heavy (non-hydrogen) atoms. The van der Waals surface area contributed by atoms with E-state index in [0.29, 0.717) is 4.77 Å². The van der Waals surface area contributed by atoms with Gasteiger partial charge < -0.3 is 0 Å². The fourth-order valence-corrected chi connectivity index (χ4v) is 4.91. The van der Waals surface area contributed by atoms with Gasteiger partial charge in [0.2, 0.25) is 4.77 Å². The molecule has 0 saturated carbocycles. The van der Waals surface area contributed by atoms with Crippen LogP contribution in [0.3, 0.4) is 0 Å². The number of aromatic nitrogens is 4. The first kappa shape index (κ1) is 11.9. The first-order valence-electron chi connectivity index (χ1n) is 6.25. The lowest BCUT2D eigenvalue weighted by molar-refractivity contribution is 0.700. The van der Waals surface area contributed by atoms with E-state index < -0.39 is 0 Å². The van der Waals surface area contributed by atoms with Gasteiger partial charge in [-0.1, -0.05) is 11.8 Å². The van der Waals surface area contributed by atoms with E-state index in [1.54, 1.807) is 11.8 Å². The molecule has 1 aliphatic carbocycles. The number of hydrogen-bond acceptors (Lipinski definition) is 5. The normalized spacial score (nSPS) is 15.2. The van der Waals surface area contributed by atoms with E-state index in [0.717, 1.165) is 22.1 Å². The summed E-state index contributed by atoms with van der Waals surface area (Å²) in [5, 5.41) is 9.47. The zero-order valence-corrected chi connectivity index (χ0v) is 12.8. The van der Waals surface area contributed by atoms with Crippen LogP contribution in [-0.2, 0) is 12.8 Å². The first-order valence-corrected chi connectivity index (χ1v) is 8.70. The topological polar surface area (TPSA) is 46.0 Å². The first-order chi connectivity index (χ1) is 9.29. The summed E-state index contributed by atoms with van der Waals surface area (Å²) in [5.41, 5.74) is 2.39. The Bertz CT molecular complexity index is 842. The van der Waals surface area contributed by atoms with Crippen LogP contribution in [0.25, 0.3) is 15.9 Å². The number of aryl methyl sites for hydroxylation is 2. The Kier molecular flexibility index (Phi) is 2.68. The van der Waals surface area contributed by atoms with Crippen molar-refractivity contribution in [1.82, 2.24) is 19.6 Å². The Balaban J connectivity index is 2.22. The summed E-state index contributed by atoms with van der Waals surface area (Å²) in [7, 11) is 0. The molecule has 3 heterocycles. The lowest BCUT2D eigenvalue weighted by Gasteiger charge is -2.10. The second-order valence-electron chi connectivity index (χ2n) is 4.68. The third kappa shape index (κ3) is 1.61. The Morgan fingerprint density at radius 3 is 3.05 bits per heavy atom. The molecule has 0 atom stereocenters. The number of aromatic amines is 1. The molecular weight excluding hydrogens is 296 g/mol. The molecule has 0 aliphatic heterocycles. The van der Waals surface area contributed by atoms with Crippen molar-refractivity contribution >= 4 is 51.2 Å². The molecule has 0 radical (unpaired) electrons. The molecule has 3 aromatic heterocycles. The second-order valence-corrected chi connectivity index (χ2v) is 6.92. The highest BCUT2D eigenvalue weighted by Crippen LogP contribution is 2.38. The van der Waals surface area contributed by atoms with Crippen LogP contribution in [0.5, 0.6) is 0 Å². The third-order valence-corrected chi connectivity index (χ3v) is 5.72. The molecule has 98 valence electrons. The maximum Gasteiger partial charge on any atom is 0.201 e. The summed E-state index contributed by atoms with van der Waals surface area (Å²) >= 11 is 8.76. The van der Waals surface area contributed by atoms with Gasteiger partial charge in [0, 0.05) is 4.88 Å². The fraction of sp³-hybridized carbons (Fsp3) is 0.417. The predicted octanol–water partition coefficient (Wildman–Crippen LogP) is 3.60. The highest BCUT2D eigenvalue weighted by molar-refractivity contribution is 7.98. The lowest BCUT2D eigenvalue weighted by atomic mass is 9.97. The zero-order valence-electron chi connectivity index (χ0n) is 10.4. The molecule has 7 heteroatoms. The van der Waals surface area contributed by atoms with Gasteiger partial charge in [-0.3, -0.25) is 5.10 Å². The number of nitrogens with one attached hydrogen (secondary N) is 1. The van der Waals surface area contributed by atoms with Gasteiger partial charge in [-0.2, -0.15) is 5.10 Å². The van der Waals surface area contributed by atoms with Crippen molar-refractivity contribution in [3.8, 4) is 0 Å². The predicted molar refractivity (Wildman–Crippen MR) is 82.0 cm³/mol.